The molecule has 90 valence electrons. The molecule has 1 aliphatic heterocycles. The molecular weight excluding hydrogens is 218 g/mol. The third-order valence-corrected chi connectivity index (χ3v) is 3.07. The van der Waals surface area contributed by atoms with Gasteiger partial charge >= 0.3 is 6.09 Å². The van der Waals surface area contributed by atoms with E-state index in [1.54, 1.807) is 24.4 Å². The van der Waals surface area contributed by atoms with Crippen LogP contribution in [0.5, 0.6) is 0 Å². The van der Waals surface area contributed by atoms with Crippen LogP contribution in [0.15, 0.2) is 23.3 Å². The second kappa shape index (κ2) is 3.30. The number of amides is 1. The average molecular weight is 234 g/mol. The van der Waals surface area contributed by atoms with Crippen LogP contribution in [0.3, 0.4) is 0 Å². The fourth-order valence-electron chi connectivity index (χ4n) is 2.17. The van der Waals surface area contributed by atoms with E-state index in [1.165, 1.54) is 0 Å². The average Bonchev–Trinajstić information content (AvgIpc) is 2.58. The number of nitrogens with zero attached hydrogens (tertiary/aromatic N) is 2. The largest absolute Gasteiger partial charge is 0.546 e. The number of benzene rings is 1. The van der Waals surface area contributed by atoms with E-state index in [0.29, 0.717) is 16.9 Å². The van der Waals surface area contributed by atoms with Gasteiger partial charge < -0.3 is 10.8 Å². The molecule has 0 saturated heterocycles. The zero-order valence-corrected chi connectivity index (χ0v) is 10.1. The number of nitrogens with two attached hydrogens (primary N) is 1. The molecule has 1 amide bonds. The van der Waals surface area contributed by atoms with E-state index in [4.69, 9.17) is 5.73 Å². The summed E-state index contributed by atoms with van der Waals surface area (Å²) >= 11 is 0. The highest BCUT2D eigenvalue weighted by atomic mass is 16.4. The van der Waals surface area contributed by atoms with E-state index in [0.717, 1.165) is 0 Å². The van der Waals surface area contributed by atoms with E-state index in [2.05, 4.69) is 5.10 Å². The van der Waals surface area contributed by atoms with Gasteiger partial charge in [-0.2, -0.15) is 4.79 Å². The topological polar surface area (TPSA) is 75.7 Å². The summed E-state index contributed by atoms with van der Waals surface area (Å²) in [5, 5.41) is 13.8. The third-order valence-electron chi connectivity index (χ3n) is 3.07. The highest BCUT2D eigenvalue weighted by Crippen LogP contribution is 2.41. The molecule has 5 heteroatoms. The number of fused-ring (bicyclic) bond motifs is 1. The van der Waals surface area contributed by atoms with Crippen LogP contribution in [0.2, 0.25) is 0 Å². The lowest BCUT2D eigenvalue weighted by molar-refractivity contribution is 0.107. The second-order valence-corrected chi connectivity index (χ2v) is 5.11. The zero-order chi connectivity index (χ0) is 12.8. The van der Waals surface area contributed by atoms with Gasteiger partial charge in [0.15, 0.2) is 5.69 Å². The number of hydrogen-bond acceptors (Lipinski definition) is 3. The van der Waals surface area contributed by atoms with E-state index in [9.17, 15) is 9.90 Å². The lowest BCUT2D eigenvalue weighted by Crippen LogP contribution is -2.60. The van der Waals surface area contributed by atoms with Gasteiger partial charge in [0.2, 0.25) is 0 Å². The van der Waals surface area contributed by atoms with Gasteiger partial charge in [-0.05, 0) is 26.8 Å². The van der Waals surface area contributed by atoms with Gasteiger partial charge in [-0.3, -0.25) is 0 Å². The summed E-state index contributed by atoms with van der Waals surface area (Å²) in [5.74, 6) is 0. The molecule has 1 heterocycles. The summed E-state index contributed by atoms with van der Waals surface area (Å²) in [5.41, 5.74) is 7.13. The highest BCUT2D eigenvalue weighted by molar-refractivity contribution is 6.02. The van der Waals surface area contributed by atoms with Crippen molar-refractivity contribution < 1.29 is 9.90 Å². The molecule has 1 unspecified atom stereocenters. The van der Waals surface area contributed by atoms with Gasteiger partial charge in [-0.15, -0.1) is 0 Å². The first-order chi connectivity index (χ1) is 7.80. The van der Waals surface area contributed by atoms with Crippen molar-refractivity contribution in [1.82, 2.24) is 4.59 Å². The molecule has 0 aliphatic carbocycles. The van der Waals surface area contributed by atoms with Crippen LogP contribution in [-0.2, 0) is 0 Å². The van der Waals surface area contributed by atoms with Gasteiger partial charge in [-0.25, -0.2) is 0 Å². The quantitative estimate of drug-likeness (QED) is 0.534. The summed E-state index contributed by atoms with van der Waals surface area (Å²) in [6, 6.07) is 5.26. The molecule has 1 aromatic rings. The Labute approximate surface area is 99.7 Å². The van der Waals surface area contributed by atoms with Gasteiger partial charge in [0, 0.05) is 11.8 Å². The lowest BCUT2D eigenvalue weighted by Gasteiger charge is -2.35. The molecule has 0 aromatic heterocycles. The van der Waals surface area contributed by atoms with Gasteiger partial charge in [-0.1, -0.05) is 15.8 Å². The fourth-order valence-corrected chi connectivity index (χ4v) is 2.17. The first-order valence-corrected chi connectivity index (χ1v) is 5.38. The van der Waals surface area contributed by atoms with E-state index in [1.807, 2.05) is 20.8 Å². The third kappa shape index (κ3) is 1.36. The molecule has 0 radical (unpaired) electrons. The number of nitrogen functional groups attached to an aromatic ring is 1. The Bertz CT molecular complexity index is 517. The molecule has 1 atom stereocenters. The SMILES string of the molecule is CC(C)(C)[N+]1(C(=O)O)N=Cc2c(N)cccc21. The van der Waals surface area contributed by atoms with E-state index >= 15 is 0 Å². The first-order valence-electron chi connectivity index (χ1n) is 5.38. The summed E-state index contributed by atoms with van der Waals surface area (Å²) < 4.78 is -0.465. The molecule has 0 spiro atoms. The Morgan fingerprint density at radius 1 is 1.41 bits per heavy atom. The summed E-state index contributed by atoms with van der Waals surface area (Å²) in [4.78, 5) is 11.7. The zero-order valence-electron chi connectivity index (χ0n) is 10.1. The predicted octanol–water partition coefficient (Wildman–Crippen LogP) is 2.40. The minimum Gasteiger partial charge on any atom is -0.433 e. The Morgan fingerprint density at radius 3 is 2.59 bits per heavy atom. The maximum atomic E-state index is 11.7. The van der Waals surface area contributed by atoms with E-state index in [-0.39, 0.29) is 0 Å². The van der Waals surface area contributed by atoms with Crippen molar-refractivity contribution in [2.45, 2.75) is 26.3 Å². The van der Waals surface area contributed by atoms with Crippen molar-refractivity contribution >= 4 is 23.7 Å². The molecule has 0 fully saturated rings. The number of carboxylic acid groups (broad SMARTS) is 1. The molecule has 2 rings (SSSR count). The maximum absolute atomic E-state index is 11.7. The Balaban J connectivity index is 2.76. The summed E-state index contributed by atoms with van der Waals surface area (Å²) in [6.07, 6.45) is 0.544. The molecule has 1 aromatic carbocycles. The number of hydrogen-bond donors (Lipinski definition) is 2. The van der Waals surface area contributed by atoms with Crippen LogP contribution in [-0.4, -0.2) is 23.0 Å². The van der Waals surface area contributed by atoms with Crippen molar-refractivity contribution in [3.05, 3.63) is 23.8 Å². The van der Waals surface area contributed by atoms with Crippen LogP contribution in [0.4, 0.5) is 16.2 Å². The van der Waals surface area contributed by atoms with Crippen molar-refractivity contribution in [2.75, 3.05) is 5.73 Å². The van der Waals surface area contributed by atoms with Gasteiger partial charge in [0.1, 0.15) is 5.54 Å². The van der Waals surface area contributed by atoms with Crippen LogP contribution in [0, 0.1) is 0 Å². The van der Waals surface area contributed by atoms with Crippen molar-refractivity contribution in [2.24, 2.45) is 5.10 Å². The minimum atomic E-state index is -1.00. The molecular formula is C12H16N3O2+. The smallest absolute Gasteiger partial charge is 0.433 e. The normalized spacial score (nSPS) is 22.5. The molecule has 3 N–H and O–H groups in total. The predicted molar refractivity (Wildman–Crippen MR) is 68.0 cm³/mol. The monoisotopic (exact) mass is 234 g/mol. The molecule has 1 aliphatic rings. The Morgan fingerprint density at radius 2 is 2.06 bits per heavy atom. The Kier molecular flexibility index (Phi) is 2.26. The van der Waals surface area contributed by atoms with Crippen molar-refractivity contribution in [1.29, 1.82) is 0 Å². The molecule has 5 nitrogen and oxygen atoms in total. The minimum absolute atomic E-state index is 0.465. The van der Waals surface area contributed by atoms with E-state index < -0.39 is 16.2 Å². The molecule has 0 saturated carbocycles. The first kappa shape index (κ1) is 11.6. The van der Waals surface area contributed by atoms with Gasteiger partial charge in [0.05, 0.1) is 11.8 Å². The molecule has 0 bridgehead atoms. The second-order valence-electron chi connectivity index (χ2n) is 5.11. The summed E-state index contributed by atoms with van der Waals surface area (Å²) in [7, 11) is 0. The lowest BCUT2D eigenvalue weighted by atomic mass is 10.0. The Hall–Kier alpha value is -1.88. The van der Waals surface area contributed by atoms with Crippen LogP contribution >= 0.6 is 0 Å². The number of anilines is 1. The summed E-state index contributed by atoms with van der Waals surface area (Å²) in [6.45, 7) is 5.53. The number of quaternary nitrogens is 1. The van der Waals surface area contributed by atoms with Crippen LogP contribution < -0.4 is 10.3 Å². The standard InChI is InChI=1S/C12H15N3O2/c1-12(2,3)15(11(16)17)10-6-4-5-9(13)8(10)7-14-15/h4-7H,1-3H3,(H2-,13,14,16,17)/p+1. The van der Waals surface area contributed by atoms with Gasteiger partial charge in [0.25, 0.3) is 0 Å². The van der Waals surface area contributed by atoms with Crippen LogP contribution in [0.25, 0.3) is 0 Å². The van der Waals surface area contributed by atoms with Crippen molar-refractivity contribution in [3.8, 4) is 0 Å². The van der Waals surface area contributed by atoms with Crippen molar-refractivity contribution in [3.63, 3.8) is 0 Å². The maximum Gasteiger partial charge on any atom is 0.546 e. The fraction of sp³-hybridized carbons (Fsp3) is 0.333. The number of carbonyl (C=O) groups is 1. The molecule has 17 heavy (non-hydrogen) atoms. The highest BCUT2D eigenvalue weighted by Gasteiger charge is 2.55. The number of rotatable bonds is 0. The van der Waals surface area contributed by atoms with Crippen LogP contribution in [0.1, 0.15) is 26.3 Å².